The average Bonchev–Trinajstić information content (AvgIpc) is 2.55. The van der Waals surface area contributed by atoms with E-state index in [2.05, 4.69) is 62.2 Å². The molecule has 2 aliphatic rings. The van der Waals surface area contributed by atoms with Crippen LogP contribution in [-0.2, 0) is 9.59 Å². The van der Waals surface area contributed by atoms with Crippen LogP contribution in [0.5, 0.6) is 0 Å². The molecule has 2 saturated carbocycles. The summed E-state index contributed by atoms with van der Waals surface area (Å²) >= 11 is 0. The van der Waals surface area contributed by atoms with Gasteiger partial charge in [0.15, 0.2) is 0 Å². The van der Waals surface area contributed by atoms with Crippen molar-refractivity contribution in [3.8, 4) is 0 Å². The first-order chi connectivity index (χ1) is 13.8. The van der Waals surface area contributed by atoms with Crippen LogP contribution in [0.1, 0.15) is 80.1 Å². The molecule has 2 fully saturated rings. The summed E-state index contributed by atoms with van der Waals surface area (Å²) in [6.45, 7) is 14.1. The van der Waals surface area contributed by atoms with Gasteiger partial charge in [0.2, 0.25) is 12.2 Å². The fraction of sp³-hybridized carbons (Fsp3) is 0.870. The molecule has 0 aromatic rings. The summed E-state index contributed by atoms with van der Waals surface area (Å²) in [5.41, 5.74) is -0.119. The SMILES string of the molecule is CC1(C)C[C@@H](N=C=O)C[C@](C)(CNC(=O)NC[C@@]2(C)C[C@@H](N=C=O)CC(C)(C)C2)C1. The van der Waals surface area contributed by atoms with Crippen molar-refractivity contribution in [2.75, 3.05) is 13.1 Å². The third kappa shape index (κ3) is 7.07. The summed E-state index contributed by atoms with van der Waals surface area (Å²) in [6.07, 6.45) is 8.59. The lowest BCUT2D eigenvalue weighted by Gasteiger charge is -2.46. The summed E-state index contributed by atoms with van der Waals surface area (Å²) in [7, 11) is 0. The van der Waals surface area contributed by atoms with E-state index in [0.29, 0.717) is 13.1 Å². The molecule has 0 aliphatic heterocycles. The Labute approximate surface area is 180 Å². The Bertz CT molecular complexity index is 677. The minimum absolute atomic E-state index is 0.0419. The zero-order valence-corrected chi connectivity index (χ0v) is 19.4. The fourth-order valence-corrected chi connectivity index (χ4v) is 6.41. The Balaban J connectivity index is 1.92. The Hall–Kier alpha value is -1.97. The highest BCUT2D eigenvalue weighted by Crippen LogP contribution is 2.47. The molecule has 0 saturated heterocycles. The number of urea groups is 1. The van der Waals surface area contributed by atoms with E-state index in [1.807, 2.05) is 0 Å². The maximum Gasteiger partial charge on any atom is 0.314 e. The van der Waals surface area contributed by atoms with Gasteiger partial charge in [-0.3, -0.25) is 0 Å². The molecule has 0 bridgehead atoms. The molecule has 0 aromatic carbocycles. The number of nitrogens with zero attached hydrogens (tertiary/aromatic N) is 2. The highest BCUT2D eigenvalue weighted by atomic mass is 16.2. The standard InChI is InChI=1S/C23H38N4O3/c1-20(2)7-17(26-15-28)9-22(5,11-20)13-24-19(30)25-14-23(6)10-18(27-16-29)8-21(3,4)12-23/h17-18H,7-14H2,1-6H3,(H2,24,25,30)/t17-,18+,22-,23-/m0/s1. The number of isocyanates is 2. The third-order valence-electron chi connectivity index (χ3n) is 6.67. The van der Waals surface area contributed by atoms with Gasteiger partial charge in [-0.15, -0.1) is 0 Å². The van der Waals surface area contributed by atoms with E-state index in [-0.39, 0.29) is 39.8 Å². The molecule has 0 heterocycles. The number of amides is 2. The normalized spacial score (nSPS) is 34.7. The third-order valence-corrected chi connectivity index (χ3v) is 6.67. The summed E-state index contributed by atoms with van der Waals surface area (Å²) < 4.78 is 0. The summed E-state index contributed by atoms with van der Waals surface area (Å²) in [5, 5.41) is 6.06. The van der Waals surface area contributed by atoms with Crippen molar-refractivity contribution >= 4 is 18.2 Å². The van der Waals surface area contributed by atoms with E-state index < -0.39 is 0 Å². The first kappa shape index (κ1) is 24.3. The van der Waals surface area contributed by atoms with E-state index in [1.54, 1.807) is 12.2 Å². The second-order valence-electron chi connectivity index (χ2n) is 11.9. The van der Waals surface area contributed by atoms with E-state index in [0.717, 1.165) is 38.5 Å². The van der Waals surface area contributed by atoms with Crippen LogP contribution >= 0.6 is 0 Å². The zero-order chi connectivity index (χ0) is 22.6. The van der Waals surface area contributed by atoms with Gasteiger partial charge in [-0.25, -0.2) is 24.4 Å². The molecular weight excluding hydrogens is 380 g/mol. The molecule has 2 N–H and O–H groups in total. The van der Waals surface area contributed by atoms with E-state index in [9.17, 15) is 14.4 Å². The second kappa shape index (κ2) is 9.03. The van der Waals surface area contributed by atoms with Crippen molar-refractivity contribution in [2.24, 2.45) is 31.6 Å². The van der Waals surface area contributed by atoms with Gasteiger partial charge in [-0.05, 0) is 60.2 Å². The van der Waals surface area contributed by atoms with Crippen LogP contribution in [0, 0.1) is 21.7 Å². The number of carbonyl (C=O) groups is 1. The van der Waals surface area contributed by atoms with Gasteiger partial charge in [0.05, 0.1) is 12.1 Å². The van der Waals surface area contributed by atoms with Gasteiger partial charge in [-0.1, -0.05) is 41.5 Å². The lowest BCUT2D eigenvalue weighted by molar-refractivity contribution is 0.0805. The molecule has 7 nitrogen and oxygen atoms in total. The van der Waals surface area contributed by atoms with Crippen molar-refractivity contribution in [3.63, 3.8) is 0 Å². The van der Waals surface area contributed by atoms with Gasteiger partial charge in [0.25, 0.3) is 0 Å². The van der Waals surface area contributed by atoms with E-state index >= 15 is 0 Å². The number of rotatable bonds is 6. The van der Waals surface area contributed by atoms with Gasteiger partial charge in [0, 0.05) is 13.1 Å². The maximum atomic E-state index is 12.6. The van der Waals surface area contributed by atoms with Crippen LogP contribution in [0.15, 0.2) is 9.98 Å². The molecule has 0 unspecified atom stereocenters. The van der Waals surface area contributed by atoms with Crippen molar-refractivity contribution in [1.29, 1.82) is 0 Å². The van der Waals surface area contributed by atoms with Crippen molar-refractivity contribution in [3.05, 3.63) is 0 Å². The number of hydrogen-bond acceptors (Lipinski definition) is 5. The van der Waals surface area contributed by atoms with Crippen LogP contribution in [0.25, 0.3) is 0 Å². The molecule has 0 aromatic heterocycles. The van der Waals surface area contributed by atoms with Crippen molar-refractivity contribution in [2.45, 2.75) is 92.2 Å². The largest absolute Gasteiger partial charge is 0.338 e. The van der Waals surface area contributed by atoms with Gasteiger partial charge < -0.3 is 10.6 Å². The minimum Gasteiger partial charge on any atom is -0.338 e. The van der Waals surface area contributed by atoms with Crippen LogP contribution in [-0.4, -0.2) is 43.4 Å². The number of aliphatic imine (C=N–C) groups is 2. The van der Waals surface area contributed by atoms with Crippen molar-refractivity contribution in [1.82, 2.24) is 10.6 Å². The van der Waals surface area contributed by atoms with Gasteiger partial charge in [0.1, 0.15) is 0 Å². The summed E-state index contributed by atoms with van der Waals surface area (Å²) in [6, 6.07) is -0.269. The van der Waals surface area contributed by atoms with Gasteiger partial charge in [-0.2, -0.15) is 0 Å². The summed E-state index contributed by atoms with van der Waals surface area (Å²) in [5.74, 6) is 0. The smallest absolute Gasteiger partial charge is 0.314 e. The summed E-state index contributed by atoms with van der Waals surface area (Å²) in [4.78, 5) is 42.0. The second-order valence-corrected chi connectivity index (χ2v) is 11.9. The number of hydrogen-bond donors (Lipinski definition) is 2. The van der Waals surface area contributed by atoms with Crippen molar-refractivity contribution < 1.29 is 14.4 Å². The average molecular weight is 419 g/mol. The predicted octanol–water partition coefficient (Wildman–Crippen LogP) is 4.13. The first-order valence-electron chi connectivity index (χ1n) is 11.0. The molecule has 30 heavy (non-hydrogen) atoms. The molecular formula is C23H38N4O3. The lowest BCUT2D eigenvalue weighted by Crippen LogP contribution is -2.50. The van der Waals surface area contributed by atoms with Crippen LogP contribution in [0.2, 0.25) is 0 Å². The monoisotopic (exact) mass is 418 g/mol. The maximum absolute atomic E-state index is 12.6. The molecule has 168 valence electrons. The quantitative estimate of drug-likeness (QED) is 0.501. The molecule has 0 spiro atoms. The molecule has 0 radical (unpaired) electrons. The van der Waals surface area contributed by atoms with Crippen LogP contribution in [0.3, 0.4) is 0 Å². The Morgan fingerprint density at radius 3 is 1.47 bits per heavy atom. The molecule has 7 heteroatoms. The fourth-order valence-electron chi connectivity index (χ4n) is 6.41. The number of carbonyl (C=O) groups excluding carboxylic acids is 3. The zero-order valence-electron chi connectivity index (χ0n) is 19.4. The molecule has 2 amide bonds. The predicted molar refractivity (Wildman–Crippen MR) is 117 cm³/mol. The van der Waals surface area contributed by atoms with Gasteiger partial charge >= 0.3 is 6.03 Å². The Morgan fingerprint density at radius 2 is 1.13 bits per heavy atom. The highest BCUT2D eigenvalue weighted by Gasteiger charge is 2.43. The lowest BCUT2D eigenvalue weighted by atomic mass is 9.62. The molecule has 2 aliphatic carbocycles. The van der Waals surface area contributed by atoms with Crippen LogP contribution in [0.4, 0.5) is 4.79 Å². The molecule has 2 rings (SSSR count). The Kier molecular flexibility index (Phi) is 7.32. The highest BCUT2D eigenvalue weighted by molar-refractivity contribution is 5.73. The number of nitrogens with one attached hydrogen (secondary N) is 2. The van der Waals surface area contributed by atoms with E-state index in [4.69, 9.17) is 0 Å². The van der Waals surface area contributed by atoms with Crippen LogP contribution < -0.4 is 10.6 Å². The van der Waals surface area contributed by atoms with E-state index in [1.165, 1.54) is 0 Å². The minimum atomic E-state index is -0.185. The molecule has 4 atom stereocenters. The first-order valence-corrected chi connectivity index (χ1v) is 11.0. The Morgan fingerprint density at radius 1 is 0.767 bits per heavy atom. The topological polar surface area (TPSA) is 100.0 Å².